The first-order chi connectivity index (χ1) is 6.60. The smallest absolute Gasteiger partial charge is 0.0630 e. The van der Waals surface area contributed by atoms with Crippen molar-refractivity contribution in [1.29, 1.82) is 0 Å². The predicted molar refractivity (Wildman–Crippen MR) is 58.3 cm³/mol. The average molecular weight is 191 g/mol. The first-order valence-corrected chi connectivity index (χ1v) is 5.10. The Morgan fingerprint density at radius 3 is 2.43 bits per heavy atom. The summed E-state index contributed by atoms with van der Waals surface area (Å²) in [7, 11) is 0. The molecule has 0 aromatic heterocycles. The van der Waals surface area contributed by atoms with E-state index in [9.17, 15) is 5.11 Å². The largest absolute Gasteiger partial charge is 0.392 e. The van der Waals surface area contributed by atoms with Crippen LogP contribution in [0.25, 0.3) is 0 Å². The fourth-order valence-electron chi connectivity index (χ4n) is 1.88. The molecule has 0 bridgehead atoms. The van der Waals surface area contributed by atoms with Gasteiger partial charge in [-0.05, 0) is 18.6 Å². The summed E-state index contributed by atoms with van der Waals surface area (Å²) < 4.78 is 0. The standard InChI is InChI=1S/C12H17NO/c1-12(2)10(8-11(12)14)13-9-6-4-3-5-7-9/h3-7,10-11,13-14H,8H2,1-2H3. The van der Waals surface area contributed by atoms with Crippen LogP contribution in [0.3, 0.4) is 0 Å². The third-order valence-corrected chi connectivity index (χ3v) is 3.33. The monoisotopic (exact) mass is 191 g/mol. The number of aliphatic hydroxyl groups excluding tert-OH is 1. The lowest BCUT2D eigenvalue weighted by Gasteiger charge is -2.49. The molecule has 2 heteroatoms. The normalized spacial score (nSPS) is 29.4. The van der Waals surface area contributed by atoms with Crippen molar-refractivity contribution in [3.05, 3.63) is 30.3 Å². The fourth-order valence-corrected chi connectivity index (χ4v) is 1.88. The van der Waals surface area contributed by atoms with Crippen molar-refractivity contribution in [3.63, 3.8) is 0 Å². The van der Waals surface area contributed by atoms with E-state index in [1.165, 1.54) is 0 Å². The first kappa shape index (κ1) is 9.53. The molecule has 2 N–H and O–H groups in total. The van der Waals surface area contributed by atoms with Crippen LogP contribution in [0.2, 0.25) is 0 Å². The zero-order valence-corrected chi connectivity index (χ0v) is 8.70. The molecule has 0 radical (unpaired) electrons. The van der Waals surface area contributed by atoms with E-state index in [1.54, 1.807) is 0 Å². The van der Waals surface area contributed by atoms with Crippen LogP contribution >= 0.6 is 0 Å². The summed E-state index contributed by atoms with van der Waals surface area (Å²) in [6.45, 7) is 4.20. The van der Waals surface area contributed by atoms with Crippen molar-refractivity contribution in [1.82, 2.24) is 0 Å². The number of hydrogen-bond donors (Lipinski definition) is 2. The number of nitrogens with one attached hydrogen (secondary N) is 1. The van der Waals surface area contributed by atoms with Crippen molar-refractivity contribution >= 4 is 5.69 Å². The van der Waals surface area contributed by atoms with Crippen molar-refractivity contribution < 1.29 is 5.11 Å². The van der Waals surface area contributed by atoms with Gasteiger partial charge in [0.15, 0.2) is 0 Å². The van der Waals surface area contributed by atoms with Crippen LogP contribution in [-0.2, 0) is 0 Å². The van der Waals surface area contributed by atoms with Crippen LogP contribution in [0.4, 0.5) is 5.69 Å². The first-order valence-electron chi connectivity index (χ1n) is 5.10. The topological polar surface area (TPSA) is 32.3 Å². The van der Waals surface area contributed by atoms with E-state index in [-0.39, 0.29) is 11.5 Å². The maximum absolute atomic E-state index is 9.58. The summed E-state index contributed by atoms with van der Waals surface area (Å²) in [4.78, 5) is 0. The minimum absolute atomic E-state index is 0.00413. The number of anilines is 1. The maximum atomic E-state index is 9.58. The highest BCUT2D eigenvalue weighted by molar-refractivity contribution is 5.44. The Kier molecular flexibility index (Phi) is 2.23. The van der Waals surface area contributed by atoms with Crippen LogP contribution < -0.4 is 5.32 Å². The number of hydrogen-bond acceptors (Lipinski definition) is 2. The van der Waals surface area contributed by atoms with Gasteiger partial charge in [-0.25, -0.2) is 0 Å². The quantitative estimate of drug-likeness (QED) is 0.751. The van der Waals surface area contributed by atoms with Crippen LogP contribution in [-0.4, -0.2) is 17.3 Å². The molecule has 0 heterocycles. The molecule has 1 aliphatic rings. The second-order valence-corrected chi connectivity index (χ2v) is 4.64. The van der Waals surface area contributed by atoms with E-state index < -0.39 is 0 Å². The SMILES string of the molecule is CC1(C)C(O)CC1Nc1ccccc1. The summed E-state index contributed by atoms with van der Waals surface area (Å²) in [6, 6.07) is 10.5. The Hall–Kier alpha value is -1.02. The molecule has 2 rings (SSSR count). The van der Waals surface area contributed by atoms with Gasteiger partial charge in [0.1, 0.15) is 0 Å². The molecule has 2 unspecified atom stereocenters. The lowest BCUT2D eigenvalue weighted by atomic mass is 9.64. The Labute approximate surface area is 85.0 Å². The highest BCUT2D eigenvalue weighted by Crippen LogP contribution is 2.42. The Balaban J connectivity index is 2.01. The molecule has 1 aromatic rings. The lowest BCUT2D eigenvalue weighted by molar-refractivity contribution is -0.0510. The Bertz CT molecular complexity index is 307. The van der Waals surface area contributed by atoms with Gasteiger partial charge in [-0.3, -0.25) is 0 Å². The Morgan fingerprint density at radius 2 is 1.93 bits per heavy atom. The molecule has 0 saturated heterocycles. The summed E-state index contributed by atoms with van der Waals surface area (Å²) in [5, 5.41) is 13.0. The number of aliphatic hydroxyl groups is 1. The molecule has 1 fully saturated rings. The van der Waals surface area contributed by atoms with E-state index in [4.69, 9.17) is 0 Å². The number of para-hydroxylation sites is 1. The molecule has 2 atom stereocenters. The van der Waals surface area contributed by atoms with Crippen LogP contribution in [0.15, 0.2) is 30.3 Å². The third kappa shape index (κ3) is 1.50. The zero-order chi connectivity index (χ0) is 10.2. The van der Waals surface area contributed by atoms with Crippen molar-refractivity contribution in [2.75, 3.05) is 5.32 Å². The molecule has 0 aliphatic heterocycles. The van der Waals surface area contributed by atoms with Crippen molar-refractivity contribution in [2.45, 2.75) is 32.4 Å². The van der Waals surface area contributed by atoms with Crippen LogP contribution in [0.5, 0.6) is 0 Å². The molecule has 2 nitrogen and oxygen atoms in total. The van der Waals surface area contributed by atoms with E-state index in [0.29, 0.717) is 6.04 Å². The molecule has 0 spiro atoms. The van der Waals surface area contributed by atoms with E-state index >= 15 is 0 Å². The summed E-state index contributed by atoms with van der Waals surface area (Å²) >= 11 is 0. The van der Waals surface area contributed by atoms with Gasteiger partial charge < -0.3 is 10.4 Å². The highest BCUT2D eigenvalue weighted by atomic mass is 16.3. The summed E-state index contributed by atoms with van der Waals surface area (Å²) in [5.74, 6) is 0. The van der Waals surface area contributed by atoms with Gasteiger partial charge in [0.05, 0.1) is 6.10 Å². The number of benzene rings is 1. The molecule has 1 saturated carbocycles. The van der Waals surface area contributed by atoms with Crippen LogP contribution in [0.1, 0.15) is 20.3 Å². The van der Waals surface area contributed by atoms with Crippen molar-refractivity contribution in [2.24, 2.45) is 5.41 Å². The minimum atomic E-state index is -0.163. The average Bonchev–Trinajstić information content (AvgIpc) is 2.19. The predicted octanol–water partition coefficient (Wildman–Crippen LogP) is 2.26. The minimum Gasteiger partial charge on any atom is -0.392 e. The van der Waals surface area contributed by atoms with E-state index in [0.717, 1.165) is 12.1 Å². The van der Waals surface area contributed by atoms with Gasteiger partial charge in [-0.2, -0.15) is 0 Å². The van der Waals surface area contributed by atoms with Gasteiger partial charge in [0, 0.05) is 17.1 Å². The maximum Gasteiger partial charge on any atom is 0.0630 e. The summed E-state index contributed by atoms with van der Waals surface area (Å²) in [6.07, 6.45) is 0.686. The van der Waals surface area contributed by atoms with Gasteiger partial charge in [0.2, 0.25) is 0 Å². The molecule has 1 aromatic carbocycles. The molecule has 0 amide bonds. The molecule has 1 aliphatic carbocycles. The third-order valence-electron chi connectivity index (χ3n) is 3.33. The Morgan fingerprint density at radius 1 is 1.29 bits per heavy atom. The lowest BCUT2D eigenvalue weighted by Crippen LogP contribution is -2.56. The summed E-state index contributed by atoms with van der Waals surface area (Å²) in [5.41, 5.74) is 1.13. The number of rotatable bonds is 2. The van der Waals surface area contributed by atoms with E-state index in [2.05, 4.69) is 31.3 Å². The molecular weight excluding hydrogens is 174 g/mol. The fraction of sp³-hybridized carbons (Fsp3) is 0.500. The van der Waals surface area contributed by atoms with Crippen molar-refractivity contribution in [3.8, 4) is 0 Å². The molecule has 14 heavy (non-hydrogen) atoms. The van der Waals surface area contributed by atoms with E-state index in [1.807, 2.05) is 18.2 Å². The van der Waals surface area contributed by atoms with Crippen LogP contribution in [0, 0.1) is 5.41 Å². The second kappa shape index (κ2) is 3.28. The second-order valence-electron chi connectivity index (χ2n) is 4.64. The molecule has 76 valence electrons. The highest BCUT2D eigenvalue weighted by Gasteiger charge is 2.47. The van der Waals surface area contributed by atoms with Gasteiger partial charge in [-0.1, -0.05) is 32.0 Å². The molecular formula is C12H17NO. The van der Waals surface area contributed by atoms with Gasteiger partial charge in [0.25, 0.3) is 0 Å². The zero-order valence-electron chi connectivity index (χ0n) is 8.70. The van der Waals surface area contributed by atoms with Gasteiger partial charge >= 0.3 is 0 Å². The van der Waals surface area contributed by atoms with Gasteiger partial charge in [-0.15, -0.1) is 0 Å².